The highest BCUT2D eigenvalue weighted by Gasteiger charge is 2.41. The molecule has 2 fully saturated rings. The van der Waals surface area contributed by atoms with Crippen molar-refractivity contribution in [1.82, 2.24) is 10.6 Å². The molecule has 3 heteroatoms. The third-order valence-electron chi connectivity index (χ3n) is 4.45. The predicted molar refractivity (Wildman–Crippen MR) is 84.1 cm³/mol. The van der Waals surface area contributed by atoms with E-state index in [1.807, 2.05) is 0 Å². The first-order valence-corrected chi connectivity index (χ1v) is 7.82. The Labute approximate surface area is 121 Å². The van der Waals surface area contributed by atoms with E-state index in [4.69, 9.17) is 0 Å². The van der Waals surface area contributed by atoms with E-state index >= 15 is 0 Å². The summed E-state index contributed by atoms with van der Waals surface area (Å²) in [5.74, 6) is 2.45. The average Bonchev–Trinajstić information content (AvgIpc) is 3.31. The Kier molecular flexibility index (Phi) is 3.68. The van der Waals surface area contributed by atoms with E-state index in [-0.39, 0.29) is 0 Å². The molecule has 0 aromatic heterocycles. The van der Waals surface area contributed by atoms with Crippen molar-refractivity contribution < 1.29 is 0 Å². The van der Waals surface area contributed by atoms with Gasteiger partial charge in [0.1, 0.15) is 0 Å². The number of rotatable bonds is 4. The van der Waals surface area contributed by atoms with Crippen LogP contribution in [0.25, 0.3) is 0 Å². The van der Waals surface area contributed by atoms with Gasteiger partial charge in [0.15, 0.2) is 5.96 Å². The molecule has 2 N–H and O–H groups in total. The summed E-state index contributed by atoms with van der Waals surface area (Å²) in [6.45, 7) is 7.41. The van der Waals surface area contributed by atoms with Gasteiger partial charge in [0.05, 0.1) is 0 Å². The fraction of sp³-hybridized carbons (Fsp3) is 0.588. The number of benzene rings is 1. The molecule has 0 heterocycles. The molecule has 2 aliphatic carbocycles. The number of nitrogens with zero attached hydrogens (tertiary/aromatic N) is 1. The van der Waals surface area contributed by atoms with Crippen molar-refractivity contribution >= 4 is 5.96 Å². The number of guanidine groups is 1. The van der Waals surface area contributed by atoms with Gasteiger partial charge in [-0.2, -0.15) is 0 Å². The zero-order valence-corrected chi connectivity index (χ0v) is 12.7. The maximum atomic E-state index is 4.56. The van der Waals surface area contributed by atoms with Crippen LogP contribution in [-0.2, 0) is 0 Å². The lowest BCUT2D eigenvalue weighted by molar-refractivity contribution is 0.749. The smallest absolute Gasteiger partial charge is 0.191 e. The lowest BCUT2D eigenvalue weighted by Gasteiger charge is -2.12. The van der Waals surface area contributed by atoms with Crippen LogP contribution in [0.15, 0.2) is 29.3 Å². The number of hydrogen-bond acceptors (Lipinski definition) is 1. The topological polar surface area (TPSA) is 36.4 Å². The molecule has 3 rings (SSSR count). The van der Waals surface area contributed by atoms with Crippen LogP contribution in [0.5, 0.6) is 0 Å². The summed E-state index contributed by atoms with van der Waals surface area (Å²) in [6, 6.07) is 9.89. The molecule has 1 aromatic rings. The van der Waals surface area contributed by atoms with Crippen molar-refractivity contribution in [1.29, 1.82) is 0 Å². The first-order chi connectivity index (χ1) is 9.69. The molecular weight excluding hydrogens is 246 g/mol. The van der Waals surface area contributed by atoms with Gasteiger partial charge >= 0.3 is 0 Å². The fourth-order valence-electron chi connectivity index (χ4n) is 2.87. The lowest BCUT2D eigenvalue weighted by atomic mass is 10.0. The maximum Gasteiger partial charge on any atom is 0.191 e. The Morgan fingerprint density at radius 3 is 2.55 bits per heavy atom. The van der Waals surface area contributed by atoms with Gasteiger partial charge in [0.25, 0.3) is 0 Å². The van der Waals surface area contributed by atoms with Crippen LogP contribution in [0.4, 0.5) is 0 Å². The van der Waals surface area contributed by atoms with Crippen molar-refractivity contribution in [2.75, 3.05) is 6.54 Å². The third-order valence-corrected chi connectivity index (χ3v) is 4.45. The molecule has 3 nitrogen and oxygen atoms in total. The molecular formula is C17H25N3. The van der Waals surface area contributed by atoms with Crippen LogP contribution in [0.3, 0.4) is 0 Å². The average molecular weight is 271 g/mol. The summed E-state index contributed by atoms with van der Waals surface area (Å²) in [6.07, 6.45) is 2.49. The van der Waals surface area contributed by atoms with Gasteiger partial charge in [-0.3, -0.25) is 4.99 Å². The summed E-state index contributed by atoms with van der Waals surface area (Å²) in [5.41, 5.74) is 2.89. The summed E-state index contributed by atoms with van der Waals surface area (Å²) in [4.78, 5) is 4.56. The molecule has 0 aliphatic heterocycles. The van der Waals surface area contributed by atoms with E-state index < -0.39 is 0 Å². The van der Waals surface area contributed by atoms with Crippen molar-refractivity contribution in [2.45, 2.75) is 51.6 Å². The van der Waals surface area contributed by atoms with Gasteiger partial charge in [-0.05, 0) is 43.7 Å². The van der Waals surface area contributed by atoms with Crippen LogP contribution >= 0.6 is 0 Å². The van der Waals surface area contributed by atoms with Crippen LogP contribution in [-0.4, -0.2) is 24.6 Å². The second-order valence-electron chi connectivity index (χ2n) is 6.24. The van der Waals surface area contributed by atoms with E-state index in [0.29, 0.717) is 18.0 Å². The summed E-state index contributed by atoms with van der Waals surface area (Å²) < 4.78 is 0. The number of hydrogen-bond donors (Lipinski definition) is 2. The first-order valence-electron chi connectivity index (χ1n) is 7.82. The zero-order valence-electron chi connectivity index (χ0n) is 12.7. The van der Waals surface area contributed by atoms with Crippen molar-refractivity contribution in [3.05, 3.63) is 35.4 Å². The highest BCUT2D eigenvalue weighted by atomic mass is 15.2. The zero-order chi connectivity index (χ0) is 14.1. The molecule has 0 amide bonds. The molecule has 4 unspecified atom stereocenters. The Morgan fingerprint density at radius 2 is 1.90 bits per heavy atom. The monoisotopic (exact) mass is 271 g/mol. The van der Waals surface area contributed by atoms with Gasteiger partial charge in [-0.25, -0.2) is 0 Å². The summed E-state index contributed by atoms with van der Waals surface area (Å²) in [5, 5.41) is 7.14. The quantitative estimate of drug-likeness (QED) is 0.652. The highest BCUT2D eigenvalue weighted by molar-refractivity contribution is 5.81. The normalized spacial score (nSPS) is 31.9. The van der Waals surface area contributed by atoms with Crippen LogP contribution < -0.4 is 10.6 Å². The van der Waals surface area contributed by atoms with E-state index in [1.165, 1.54) is 24.0 Å². The molecule has 0 spiro atoms. The molecule has 0 bridgehead atoms. The predicted octanol–water partition coefficient (Wildman–Crippen LogP) is 2.81. The van der Waals surface area contributed by atoms with Crippen molar-refractivity contribution in [2.24, 2.45) is 10.9 Å². The van der Waals surface area contributed by atoms with E-state index in [0.717, 1.165) is 18.4 Å². The van der Waals surface area contributed by atoms with Gasteiger partial charge < -0.3 is 10.6 Å². The Balaban J connectivity index is 1.58. The Morgan fingerprint density at radius 1 is 1.20 bits per heavy atom. The second kappa shape index (κ2) is 5.47. The van der Waals surface area contributed by atoms with Gasteiger partial charge in [-0.1, -0.05) is 31.2 Å². The lowest BCUT2D eigenvalue weighted by Crippen LogP contribution is -2.40. The van der Waals surface area contributed by atoms with Crippen molar-refractivity contribution in [3.63, 3.8) is 0 Å². The van der Waals surface area contributed by atoms with Crippen LogP contribution in [0.2, 0.25) is 0 Å². The van der Waals surface area contributed by atoms with E-state index in [2.05, 4.69) is 60.7 Å². The minimum absolute atomic E-state index is 0.544. The third kappa shape index (κ3) is 2.97. The van der Waals surface area contributed by atoms with Gasteiger partial charge in [-0.15, -0.1) is 0 Å². The number of aryl methyl sites for hydroxylation is 1. The number of aliphatic imine (C=N–C) groups is 1. The molecule has 1 aromatic carbocycles. The highest BCUT2D eigenvalue weighted by Crippen LogP contribution is 2.42. The molecule has 4 atom stereocenters. The second-order valence-corrected chi connectivity index (χ2v) is 6.24. The fourth-order valence-corrected chi connectivity index (χ4v) is 2.87. The standard InChI is InChI=1S/C17H25N3/c1-4-18-17(19-15-9-12(15)3)20-16-10-14(16)13-8-6-5-7-11(13)2/h5-8,12,14-16H,4,9-10H2,1-3H3,(H2,18,19,20). The molecule has 0 radical (unpaired) electrons. The minimum atomic E-state index is 0.544. The van der Waals surface area contributed by atoms with Gasteiger partial charge in [0, 0.05) is 24.5 Å². The first kappa shape index (κ1) is 13.5. The summed E-state index contributed by atoms with van der Waals surface area (Å²) in [7, 11) is 0. The Hall–Kier alpha value is -1.51. The molecule has 2 saturated carbocycles. The molecule has 20 heavy (non-hydrogen) atoms. The van der Waals surface area contributed by atoms with E-state index in [9.17, 15) is 0 Å². The van der Waals surface area contributed by atoms with Gasteiger partial charge in [0.2, 0.25) is 0 Å². The van der Waals surface area contributed by atoms with E-state index in [1.54, 1.807) is 0 Å². The number of nitrogens with one attached hydrogen (secondary N) is 2. The molecule has 108 valence electrons. The maximum absolute atomic E-state index is 4.56. The van der Waals surface area contributed by atoms with Crippen LogP contribution in [0.1, 0.15) is 43.7 Å². The van der Waals surface area contributed by atoms with Crippen molar-refractivity contribution in [3.8, 4) is 0 Å². The molecule has 2 aliphatic rings. The summed E-state index contributed by atoms with van der Waals surface area (Å²) >= 11 is 0. The Bertz CT molecular complexity index is 509. The largest absolute Gasteiger partial charge is 0.353 e. The SMILES string of the molecule is CCN=C(NC1CC1C)NC1CC1c1ccccc1C. The minimum Gasteiger partial charge on any atom is -0.353 e. The molecule has 0 saturated heterocycles. The van der Waals surface area contributed by atoms with Crippen LogP contribution in [0, 0.1) is 12.8 Å².